The Morgan fingerprint density at radius 1 is 1.32 bits per heavy atom. The van der Waals surface area contributed by atoms with E-state index >= 15 is 0 Å². The van der Waals surface area contributed by atoms with Crippen LogP contribution in [0, 0.1) is 0 Å². The highest BCUT2D eigenvalue weighted by atomic mass is 32.2. The molecule has 134 valence electrons. The van der Waals surface area contributed by atoms with Crippen molar-refractivity contribution in [2.24, 2.45) is 0 Å². The van der Waals surface area contributed by atoms with Gasteiger partial charge in [-0.3, -0.25) is 9.89 Å². The average molecular weight is 360 g/mol. The van der Waals surface area contributed by atoms with Crippen LogP contribution in [0.4, 0.5) is 0 Å². The molecule has 0 aromatic carbocycles. The first-order valence-electron chi connectivity index (χ1n) is 9.01. The second kappa shape index (κ2) is 7.66. The van der Waals surface area contributed by atoms with Crippen LogP contribution in [0.5, 0.6) is 0 Å². The summed E-state index contributed by atoms with van der Waals surface area (Å²) in [7, 11) is 0. The molecule has 1 unspecified atom stereocenters. The number of nitrogens with zero attached hydrogens (tertiary/aromatic N) is 3. The highest BCUT2D eigenvalue weighted by Gasteiger charge is 2.30. The average Bonchev–Trinajstić information content (AvgIpc) is 3.36. The molecule has 25 heavy (non-hydrogen) atoms. The van der Waals surface area contributed by atoms with Gasteiger partial charge in [0, 0.05) is 24.9 Å². The van der Waals surface area contributed by atoms with Crippen molar-refractivity contribution in [3.8, 4) is 11.5 Å². The van der Waals surface area contributed by atoms with Gasteiger partial charge in [-0.15, -0.1) is 0 Å². The molecule has 0 saturated carbocycles. The molecule has 1 atom stereocenters. The van der Waals surface area contributed by atoms with Crippen molar-refractivity contribution in [1.29, 1.82) is 0 Å². The molecule has 7 heteroatoms. The number of carbonyl (C=O) groups is 1. The van der Waals surface area contributed by atoms with Crippen molar-refractivity contribution in [1.82, 2.24) is 20.0 Å². The molecule has 2 aliphatic rings. The summed E-state index contributed by atoms with van der Waals surface area (Å²) in [5.74, 6) is 2.86. The highest BCUT2D eigenvalue weighted by molar-refractivity contribution is 7.99. The third kappa shape index (κ3) is 3.77. The molecule has 1 amide bonds. The predicted octanol–water partition coefficient (Wildman–Crippen LogP) is 2.71. The lowest BCUT2D eigenvalue weighted by atomic mass is 10.2. The van der Waals surface area contributed by atoms with Crippen LogP contribution >= 0.6 is 11.8 Å². The zero-order valence-electron chi connectivity index (χ0n) is 14.3. The van der Waals surface area contributed by atoms with Crippen molar-refractivity contribution in [2.45, 2.75) is 25.3 Å². The molecule has 0 spiro atoms. The van der Waals surface area contributed by atoms with Gasteiger partial charge in [-0.05, 0) is 50.2 Å². The summed E-state index contributed by atoms with van der Waals surface area (Å²) in [5.41, 5.74) is 1.22. The number of amides is 1. The normalized spacial score (nSPS) is 22.2. The van der Waals surface area contributed by atoms with E-state index in [4.69, 9.17) is 4.42 Å². The molecule has 0 aliphatic carbocycles. The summed E-state index contributed by atoms with van der Waals surface area (Å²) in [6.45, 7) is 4.12. The third-order valence-corrected chi connectivity index (χ3v) is 6.15. The van der Waals surface area contributed by atoms with Crippen LogP contribution in [0.15, 0.2) is 28.9 Å². The second-order valence-electron chi connectivity index (χ2n) is 6.73. The first-order chi connectivity index (χ1) is 12.3. The number of hydrogen-bond donors (Lipinski definition) is 1. The largest absolute Gasteiger partial charge is 0.463 e. The van der Waals surface area contributed by atoms with E-state index in [-0.39, 0.29) is 11.9 Å². The molecule has 2 aromatic rings. The molecular formula is C18H24N4O2S. The Morgan fingerprint density at radius 3 is 3.00 bits per heavy atom. The Balaban J connectivity index is 1.51. The lowest BCUT2D eigenvalue weighted by molar-refractivity contribution is 0.0660. The molecule has 0 radical (unpaired) electrons. The van der Waals surface area contributed by atoms with Crippen molar-refractivity contribution >= 4 is 17.7 Å². The molecule has 4 heterocycles. The van der Waals surface area contributed by atoms with Crippen molar-refractivity contribution in [3.63, 3.8) is 0 Å². The second-order valence-corrected chi connectivity index (χ2v) is 7.88. The minimum Gasteiger partial charge on any atom is -0.463 e. The number of aromatic nitrogens is 2. The number of hydrogen-bond acceptors (Lipinski definition) is 5. The number of aromatic amines is 1. The van der Waals surface area contributed by atoms with Gasteiger partial charge in [-0.2, -0.15) is 16.9 Å². The SMILES string of the molecule is O=C(c1cc(-c2ccco2)[nH]n1)N1CCCSCC1CN1CCCC1. The Hall–Kier alpha value is -1.73. The van der Waals surface area contributed by atoms with E-state index in [9.17, 15) is 4.79 Å². The number of likely N-dealkylation sites (tertiary alicyclic amines) is 1. The fourth-order valence-corrected chi connectivity index (χ4v) is 4.70. The Labute approximate surface area is 151 Å². The lowest BCUT2D eigenvalue weighted by Crippen LogP contribution is -2.47. The summed E-state index contributed by atoms with van der Waals surface area (Å²) < 4.78 is 5.38. The summed E-state index contributed by atoms with van der Waals surface area (Å²) in [6.07, 6.45) is 5.22. The Morgan fingerprint density at radius 2 is 2.20 bits per heavy atom. The maximum absolute atomic E-state index is 13.1. The number of nitrogens with one attached hydrogen (secondary N) is 1. The zero-order chi connectivity index (χ0) is 17.1. The molecule has 2 aliphatic heterocycles. The van der Waals surface area contributed by atoms with E-state index in [1.165, 1.54) is 12.8 Å². The van der Waals surface area contributed by atoms with E-state index in [2.05, 4.69) is 15.1 Å². The highest BCUT2D eigenvalue weighted by Crippen LogP contribution is 2.23. The molecular weight excluding hydrogens is 336 g/mol. The smallest absolute Gasteiger partial charge is 0.274 e. The number of carbonyl (C=O) groups excluding carboxylic acids is 1. The number of furan rings is 1. The van der Waals surface area contributed by atoms with Gasteiger partial charge in [0.15, 0.2) is 11.5 Å². The summed E-state index contributed by atoms with van der Waals surface area (Å²) in [6, 6.07) is 5.75. The van der Waals surface area contributed by atoms with E-state index in [0.717, 1.165) is 49.8 Å². The standard InChI is InChI=1S/C18H24N4O2S/c23-18(16-11-15(19-20-16)17-5-3-9-24-17)22-8-4-10-25-13-14(22)12-21-6-1-2-7-21/h3,5,9,11,14H,1-2,4,6-8,10,12-13H2,(H,19,20). The minimum atomic E-state index is 0.0285. The van der Waals surface area contributed by atoms with Crippen molar-refractivity contribution < 1.29 is 9.21 Å². The monoisotopic (exact) mass is 360 g/mol. The van der Waals surface area contributed by atoms with E-state index < -0.39 is 0 Å². The van der Waals surface area contributed by atoms with Crippen LogP contribution in [-0.2, 0) is 0 Å². The van der Waals surface area contributed by atoms with Crippen LogP contribution < -0.4 is 0 Å². The Bertz CT molecular complexity index is 694. The van der Waals surface area contributed by atoms with E-state index in [0.29, 0.717) is 11.5 Å². The minimum absolute atomic E-state index is 0.0285. The van der Waals surface area contributed by atoms with Gasteiger partial charge < -0.3 is 14.2 Å². The van der Waals surface area contributed by atoms with Crippen LogP contribution in [0.1, 0.15) is 29.8 Å². The van der Waals surface area contributed by atoms with Gasteiger partial charge in [0.05, 0.1) is 12.3 Å². The molecule has 6 nitrogen and oxygen atoms in total. The quantitative estimate of drug-likeness (QED) is 0.908. The fourth-order valence-electron chi connectivity index (χ4n) is 3.65. The molecule has 2 aromatic heterocycles. The van der Waals surface area contributed by atoms with Gasteiger partial charge in [-0.25, -0.2) is 0 Å². The fraction of sp³-hybridized carbons (Fsp3) is 0.556. The van der Waals surface area contributed by atoms with Crippen molar-refractivity contribution in [3.05, 3.63) is 30.2 Å². The lowest BCUT2D eigenvalue weighted by Gasteiger charge is -2.32. The van der Waals surface area contributed by atoms with E-state index in [1.54, 1.807) is 12.3 Å². The molecule has 1 N–H and O–H groups in total. The van der Waals surface area contributed by atoms with Gasteiger partial charge in [0.1, 0.15) is 5.69 Å². The van der Waals surface area contributed by atoms with Crippen molar-refractivity contribution in [2.75, 3.05) is 37.7 Å². The summed E-state index contributed by atoms with van der Waals surface area (Å²) in [4.78, 5) is 17.6. The van der Waals surface area contributed by atoms with E-state index in [1.807, 2.05) is 28.8 Å². The molecule has 2 fully saturated rings. The van der Waals surface area contributed by atoms with Crippen LogP contribution in [0.3, 0.4) is 0 Å². The third-order valence-electron chi connectivity index (χ3n) is 4.95. The zero-order valence-corrected chi connectivity index (χ0v) is 15.1. The van der Waals surface area contributed by atoms with Crippen LogP contribution in [0.2, 0.25) is 0 Å². The topological polar surface area (TPSA) is 65.4 Å². The summed E-state index contributed by atoms with van der Waals surface area (Å²) in [5, 5.41) is 7.17. The predicted molar refractivity (Wildman–Crippen MR) is 98.7 cm³/mol. The maximum atomic E-state index is 13.1. The van der Waals surface area contributed by atoms with Gasteiger partial charge in [-0.1, -0.05) is 0 Å². The van der Waals surface area contributed by atoms with Gasteiger partial charge in [0.25, 0.3) is 5.91 Å². The first kappa shape index (κ1) is 16.7. The number of thioether (sulfide) groups is 1. The molecule has 4 rings (SSSR count). The van der Waals surface area contributed by atoms with Crippen LogP contribution in [-0.4, -0.2) is 69.6 Å². The summed E-state index contributed by atoms with van der Waals surface area (Å²) >= 11 is 1.96. The maximum Gasteiger partial charge on any atom is 0.274 e. The van der Waals surface area contributed by atoms with Crippen LogP contribution in [0.25, 0.3) is 11.5 Å². The first-order valence-corrected chi connectivity index (χ1v) is 10.2. The Kier molecular flexibility index (Phi) is 5.12. The van der Waals surface area contributed by atoms with Gasteiger partial charge >= 0.3 is 0 Å². The number of H-pyrrole nitrogens is 1. The molecule has 0 bridgehead atoms. The number of rotatable bonds is 4. The molecule has 2 saturated heterocycles. The van der Waals surface area contributed by atoms with Gasteiger partial charge in [0.2, 0.25) is 0 Å².